The van der Waals surface area contributed by atoms with Gasteiger partial charge in [-0.15, -0.1) is 0 Å². The summed E-state index contributed by atoms with van der Waals surface area (Å²) in [6.07, 6.45) is 0. The molecule has 9 heteroatoms. The van der Waals surface area contributed by atoms with E-state index >= 15 is 0 Å². The van der Waals surface area contributed by atoms with Crippen LogP contribution >= 0.6 is 27.5 Å². The lowest BCUT2D eigenvalue weighted by atomic mass is 9.82. The molecule has 0 fully saturated rings. The van der Waals surface area contributed by atoms with Crippen molar-refractivity contribution in [1.82, 2.24) is 0 Å². The number of hydrogen-bond acceptors (Lipinski definition) is 7. The number of halogens is 2. The molecular weight excluding hydrogens is 500 g/mol. The first-order valence-corrected chi connectivity index (χ1v) is 10.6. The van der Waals surface area contributed by atoms with Gasteiger partial charge in [0.1, 0.15) is 35.5 Å². The summed E-state index contributed by atoms with van der Waals surface area (Å²) in [7, 11) is 2.81. The van der Waals surface area contributed by atoms with Crippen LogP contribution in [0.2, 0.25) is 5.02 Å². The summed E-state index contributed by atoms with van der Waals surface area (Å²) in [6.45, 7) is 1.74. The molecule has 0 spiro atoms. The van der Waals surface area contributed by atoms with Crippen molar-refractivity contribution in [3.05, 3.63) is 79.8 Å². The van der Waals surface area contributed by atoms with Gasteiger partial charge < -0.3 is 24.7 Å². The number of carbonyl (C=O) groups excluding carboxylic acids is 1. The van der Waals surface area contributed by atoms with Crippen molar-refractivity contribution in [2.45, 2.75) is 19.4 Å². The Morgan fingerprint density at radius 1 is 1.25 bits per heavy atom. The van der Waals surface area contributed by atoms with Crippen molar-refractivity contribution in [3.8, 4) is 17.6 Å². The second-order valence-corrected chi connectivity index (χ2v) is 8.14. The summed E-state index contributed by atoms with van der Waals surface area (Å²) in [5, 5.41) is 10.2. The zero-order valence-electron chi connectivity index (χ0n) is 17.6. The number of methoxy groups -OCH3 is 2. The molecule has 2 aromatic rings. The maximum atomic E-state index is 12.5. The van der Waals surface area contributed by atoms with E-state index in [2.05, 4.69) is 22.0 Å². The van der Waals surface area contributed by atoms with Gasteiger partial charge in [0.2, 0.25) is 5.88 Å². The maximum Gasteiger partial charge on any atom is 0.338 e. The Morgan fingerprint density at radius 2 is 1.97 bits per heavy atom. The van der Waals surface area contributed by atoms with Crippen LogP contribution in [-0.2, 0) is 20.9 Å². The molecule has 3 rings (SSSR count). The van der Waals surface area contributed by atoms with Gasteiger partial charge in [0, 0.05) is 10.0 Å². The van der Waals surface area contributed by atoms with E-state index in [9.17, 15) is 10.1 Å². The van der Waals surface area contributed by atoms with Crippen molar-refractivity contribution < 1.29 is 23.7 Å². The highest BCUT2D eigenvalue weighted by atomic mass is 79.9. The maximum absolute atomic E-state index is 12.5. The smallest absolute Gasteiger partial charge is 0.338 e. The molecule has 7 nitrogen and oxygen atoms in total. The van der Waals surface area contributed by atoms with E-state index in [4.69, 9.17) is 36.3 Å². The fraction of sp³-hybridized carbons (Fsp3) is 0.217. The molecule has 32 heavy (non-hydrogen) atoms. The molecule has 2 N–H and O–H groups in total. The molecule has 0 aromatic heterocycles. The normalized spacial score (nSPS) is 15.7. The minimum absolute atomic E-state index is 0.0575. The molecule has 0 radical (unpaired) electrons. The quantitative estimate of drug-likeness (QED) is 0.539. The SMILES string of the molecule is COC(=O)C1=C(C)OC(N)=C(C#N)[C@H]1c1ccc(OC)c(COc2ccc(Br)cc2Cl)c1. The monoisotopic (exact) mass is 518 g/mol. The van der Waals surface area contributed by atoms with Crippen LogP contribution in [0.5, 0.6) is 11.5 Å². The first-order valence-electron chi connectivity index (χ1n) is 9.42. The number of benzene rings is 2. The summed E-state index contributed by atoms with van der Waals surface area (Å²) >= 11 is 9.61. The van der Waals surface area contributed by atoms with Crippen molar-refractivity contribution in [2.75, 3.05) is 14.2 Å². The van der Waals surface area contributed by atoms with E-state index in [0.717, 1.165) is 4.47 Å². The van der Waals surface area contributed by atoms with Crippen LogP contribution in [0.3, 0.4) is 0 Å². The first kappa shape index (κ1) is 23.5. The highest BCUT2D eigenvalue weighted by molar-refractivity contribution is 9.10. The van der Waals surface area contributed by atoms with E-state index in [1.165, 1.54) is 7.11 Å². The van der Waals surface area contributed by atoms with Crippen molar-refractivity contribution in [3.63, 3.8) is 0 Å². The van der Waals surface area contributed by atoms with Crippen LogP contribution in [0.25, 0.3) is 0 Å². The van der Waals surface area contributed by atoms with Gasteiger partial charge >= 0.3 is 5.97 Å². The average Bonchev–Trinajstić information content (AvgIpc) is 2.77. The molecule has 0 saturated heterocycles. The van der Waals surface area contributed by atoms with Gasteiger partial charge in [0.15, 0.2) is 0 Å². The number of carbonyl (C=O) groups is 1. The van der Waals surface area contributed by atoms with E-state index < -0.39 is 11.9 Å². The van der Waals surface area contributed by atoms with Crippen LogP contribution in [-0.4, -0.2) is 20.2 Å². The Labute approximate surface area is 199 Å². The van der Waals surface area contributed by atoms with Crippen LogP contribution in [0.4, 0.5) is 0 Å². The largest absolute Gasteiger partial charge is 0.496 e. The fourth-order valence-corrected chi connectivity index (χ4v) is 4.16. The number of nitrogens with two attached hydrogens (primary N) is 1. The zero-order valence-corrected chi connectivity index (χ0v) is 19.9. The standard InChI is InChI=1S/C23H20BrClN2O5/c1-12-20(23(28)30-3)21(16(10-26)22(27)32-12)13-4-6-18(29-2)14(8-13)11-31-19-7-5-15(24)9-17(19)25/h4-9,21H,11,27H2,1-3H3/t21-/m1/s1. The highest BCUT2D eigenvalue weighted by Gasteiger charge is 2.36. The van der Waals surface area contributed by atoms with Crippen LogP contribution in [0.15, 0.2) is 63.7 Å². The summed E-state index contributed by atoms with van der Waals surface area (Å²) < 4.78 is 22.5. The van der Waals surface area contributed by atoms with E-state index in [0.29, 0.717) is 27.6 Å². The second kappa shape index (κ2) is 9.98. The lowest BCUT2D eigenvalue weighted by Crippen LogP contribution is -2.25. The molecule has 0 bridgehead atoms. The first-order chi connectivity index (χ1) is 15.3. The predicted molar refractivity (Wildman–Crippen MR) is 122 cm³/mol. The molecule has 0 aliphatic carbocycles. The van der Waals surface area contributed by atoms with Crippen LogP contribution in [0.1, 0.15) is 24.0 Å². The van der Waals surface area contributed by atoms with Crippen molar-refractivity contribution in [2.24, 2.45) is 5.73 Å². The second-order valence-electron chi connectivity index (χ2n) is 6.82. The van der Waals surface area contributed by atoms with Crippen LogP contribution < -0.4 is 15.2 Å². The Morgan fingerprint density at radius 3 is 2.59 bits per heavy atom. The number of rotatable bonds is 6. The number of nitriles is 1. The van der Waals surface area contributed by atoms with Crippen molar-refractivity contribution >= 4 is 33.5 Å². The lowest BCUT2D eigenvalue weighted by Gasteiger charge is -2.27. The number of nitrogens with zero attached hydrogens (tertiary/aromatic N) is 1. The molecule has 1 atom stereocenters. The van der Waals surface area contributed by atoms with E-state index in [1.807, 2.05) is 6.07 Å². The third-order valence-corrected chi connectivity index (χ3v) is 5.71. The van der Waals surface area contributed by atoms with Gasteiger partial charge in [-0.3, -0.25) is 0 Å². The lowest BCUT2D eigenvalue weighted by molar-refractivity contribution is -0.136. The Balaban J connectivity index is 2.04. The molecule has 1 aliphatic heterocycles. The Kier molecular flexibility index (Phi) is 7.33. The van der Waals surface area contributed by atoms with Gasteiger partial charge in [0.25, 0.3) is 0 Å². The molecule has 1 aliphatic rings. The topological polar surface area (TPSA) is 104 Å². The van der Waals surface area contributed by atoms with E-state index in [1.54, 1.807) is 44.4 Å². The summed E-state index contributed by atoms with van der Waals surface area (Å²) in [5.41, 5.74) is 7.59. The Hall–Kier alpha value is -3.15. The predicted octanol–water partition coefficient (Wildman–Crippen LogP) is 4.94. The van der Waals surface area contributed by atoms with Gasteiger partial charge in [-0.25, -0.2) is 4.79 Å². The molecule has 2 aromatic carbocycles. The Bertz CT molecular complexity index is 1170. The molecule has 166 valence electrons. The summed E-state index contributed by atoms with van der Waals surface area (Å²) in [4.78, 5) is 12.5. The minimum atomic E-state index is -0.762. The highest BCUT2D eigenvalue weighted by Crippen LogP contribution is 2.41. The number of hydrogen-bond donors (Lipinski definition) is 1. The number of esters is 1. The van der Waals surface area contributed by atoms with E-state index in [-0.39, 0.29) is 29.4 Å². The number of ether oxygens (including phenoxy) is 4. The molecule has 0 saturated carbocycles. The van der Waals surface area contributed by atoms with Crippen molar-refractivity contribution in [1.29, 1.82) is 5.26 Å². The average molecular weight is 520 g/mol. The van der Waals surface area contributed by atoms with Gasteiger partial charge in [-0.2, -0.15) is 5.26 Å². The molecule has 0 amide bonds. The minimum Gasteiger partial charge on any atom is -0.496 e. The number of allylic oxidation sites excluding steroid dienone is 2. The third-order valence-electron chi connectivity index (χ3n) is 4.93. The van der Waals surface area contributed by atoms with Gasteiger partial charge in [0.05, 0.1) is 30.7 Å². The molecule has 1 heterocycles. The van der Waals surface area contributed by atoms with Gasteiger partial charge in [-0.1, -0.05) is 33.6 Å². The fourth-order valence-electron chi connectivity index (χ4n) is 3.43. The summed E-state index contributed by atoms with van der Waals surface area (Å²) in [5.74, 6) is -0.0808. The zero-order chi connectivity index (χ0) is 23.4. The summed E-state index contributed by atoms with van der Waals surface area (Å²) in [6, 6.07) is 12.6. The molecular formula is C23H20BrClN2O5. The molecule has 0 unspecified atom stereocenters. The van der Waals surface area contributed by atoms with Gasteiger partial charge in [-0.05, 0) is 42.8 Å². The van der Waals surface area contributed by atoms with Crippen LogP contribution in [0, 0.1) is 11.3 Å². The third kappa shape index (κ3) is 4.69.